The number of amides is 1. The number of aromatic nitrogens is 3. The summed E-state index contributed by atoms with van der Waals surface area (Å²) in [6.07, 6.45) is 0. The fraction of sp³-hybridized carbons (Fsp3) is 0.125. The maximum Gasteiger partial charge on any atom is 0.293 e. The highest BCUT2D eigenvalue weighted by molar-refractivity contribution is 7.99. The number of carbonyl (C=O) groups is 1. The summed E-state index contributed by atoms with van der Waals surface area (Å²) < 4.78 is 1.90. The largest absolute Gasteiger partial charge is 0.320 e. The molecular formula is C24H21N5O3S. The second-order valence-electron chi connectivity index (χ2n) is 7.46. The number of hydrogen-bond donors (Lipinski definition) is 1. The Morgan fingerprint density at radius 1 is 1.00 bits per heavy atom. The van der Waals surface area contributed by atoms with Crippen molar-refractivity contribution < 1.29 is 9.72 Å². The van der Waals surface area contributed by atoms with Crippen LogP contribution in [-0.2, 0) is 4.79 Å². The molecule has 0 unspecified atom stereocenters. The Kier molecular flexibility index (Phi) is 6.50. The summed E-state index contributed by atoms with van der Waals surface area (Å²) in [7, 11) is 0. The van der Waals surface area contributed by atoms with Gasteiger partial charge in [0, 0.05) is 17.3 Å². The molecule has 0 radical (unpaired) electrons. The fourth-order valence-corrected chi connectivity index (χ4v) is 4.03. The fourth-order valence-electron chi connectivity index (χ4n) is 3.28. The van der Waals surface area contributed by atoms with Crippen molar-refractivity contribution in [3.05, 3.63) is 94.0 Å². The minimum atomic E-state index is -0.504. The number of nitro benzene ring substituents is 1. The lowest BCUT2D eigenvalue weighted by Crippen LogP contribution is -2.15. The Bertz CT molecular complexity index is 1300. The van der Waals surface area contributed by atoms with Crippen molar-refractivity contribution in [1.82, 2.24) is 14.8 Å². The standard InChI is InChI=1S/C24H21N5O3S/c1-16-8-11-19(12-9-16)28-23(18-6-4-3-5-7-18)26-27-24(28)33-15-22(30)25-20-13-10-17(2)14-21(20)29(31)32/h3-14H,15H2,1-2H3,(H,25,30). The highest BCUT2D eigenvalue weighted by Crippen LogP contribution is 2.29. The maximum atomic E-state index is 12.6. The molecule has 0 aliphatic carbocycles. The molecule has 166 valence electrons. The van der Waals surface area contributed by atoms with E-state index < -0.39 is 4.92 Å². The van der Waals surface area contributed by atoms with E-state index in [2.05, 4.69) is 15.5 Å². The van der Waals surface area contributed by atoms with Crippen LogP contribution in [0.25, 0.3) is 17.1 Å². The van der Waals surface area contributed by atoms with E-state index in [0.29, 0.717) is 11.0 Å². The lowest BCUT2D eigenvalue weighted by atomic mass is 10.2. The van der Waals surface area contributed by atoms with Gasteiger partial charge in [-0.3, -0.25) is 19.5 Å². The molecule has 3 aromatic carbocycles. The van der Waals surface area contributed by atoms with Crippen molar-refractivity contribution in [2.75, 3.05) is 11.1 Å². The van der Waals surface area contributed by atoms with Gasteiger partial charge in [-0.05, 0) is 37.6 Å². The third-order valence-corrected chi connectivity index (χ3v) is 5.84. The summed E-state index contributed by atoms with van der Waals surface area (Å²) >= 11 is 1.21. The second-order valence-corrected chi connectivity index (χ2v) is 8.40. The molecule has 0 saturated heterocycles. The number of nitrogens with zero attached hydrogens (tertiary/aromatic N) is 4. The first kappa shape index (κ1) is 22.2. The van der Waals surface area contributed by atoms with Crippen molar-refractivity contribution >= 4 is 29.0 Å². The van der Waals surface area contributed by atoms with Crippen LogP contribution in [0.3, 0.4) is 0 Å². The average Bonchev–Trinajstić information content (AvgIpc) is 3.24. The predicted octanol–water partition coefficient (Wildman–Crippen LogP) is 5.19. The lowest BCUT2D eigenvalue weighted by Gasteiger charge is -2.11. The van der Waals surface area contributed by atoms with Crippen LogP contribution in [0.15, 0.2) is 78.0 Å². The van der Waals surface area contributed by atoms with Crippen LogP contribution in [0, 0.1) is 24.0 Å². The summed E-state index contributed by atoms with van der Waals surface area (Å²) in [5.41, 5.74) is 3.68. The van der Waals surface area contributed by atoms with E-state index in [1.165, 1.54) is 17.8 Å². The number of carbonyl (C=O) groups excluding carboxylic acids is 1. The zero-order chi connectivity index (χ0) is 23.4. The number of thioether (sulfide) groups is 1. The van der Waals surface area contributed by atoms with Crippen LogP contribution < -0.4 is 5.32 Å². The molecule has 1 N–H and O–H groups in total. The molecule has 0 fully saturated rings. The van der Waals surface area contributed by atoms with E-state index >= 15 is 0 Å². The third kappa shape index (κ3) is 5.09. The van der Waals surface area contributed by atoms with Crippen molar-refractivity contribution in [3.63, 3.8) is 0 Å². The third-order valence-electron chi connectivity index (χ3n) is 4.91. The van der Waals surface area contributed by atoms with E-state index in [4.69, 9.17) is 0 Å². The van der Waals surface area contributed by atoms with Gasteiger partial charge in [-0.2, -0.15) is 0 Å². The zero-order valence-corrected chi connectivity index (χ0v) is 18.9. The van der Waals surface area contributed by atoms with Crippen molar-refractivity contribution in [1.29, 1.82) is 0 Å². The van der Waals surface area contributed by atoms with Gasteiger partial charge in [0.1, 0.15) is 5.69 Å². The normalized spacial score (nSPS) is 10.7. The molecule has 4 rings (SSSR count). The van der Waals surface area contributed by atoms with Gasteiger partial charge in [-0.1, -0.05) is 65.9 Å². The first-order chi connectivity index (χ1) is 15.9. The van der Waals surface area contributed by atoms with Gasteiger partial charge in [0.25, 0.3) is 5.69 Å². The minimum Gasteiger partial charge on any atom is -0.320 e. The molecule has 0 atom stereocenters. The van der Waals surface area contributed by atoms with E-state index in [9.17, 15) is 14.9 Å². The summed E-state index contributed by atoms with van der Waals surface area (Å²) in [5.74, 6) is 0.312. The molecule has 0 aliphatic rings. The van der Waals surface area contributed by atoms with Crippen LogP contribution in [0.5, 0.6) is 0 Å². The van der Waals surface area contributed by atoms with Gasteiger partial charge in [-0.25, -0.2) is 0 Å². The number of rotatable bonds is 7. The molecule has 1 amide bonds. The van der Waals surface area contributed by atoms with Crippen LogP contribution in [0.4, 0.5) is 11.4 Å². The summed E-state index contributed by atoms with van der Waals surface area (Å²) in [6, 6.07) is 22.3. The number of anilines is 1. The first-order valence-electron chi connectivity index (χ1n) is 10.2. The zero-order valence-electron chi connectivity index (χ0n) is 18.1. The molecule has 33 heavy (non-hydrogen) atoms. The molecule has 0 saturated carbocycles. The monoisotopic (exact) mass is 459 g/mol. The number of benzene rings is 3. The second kappa shape index (κ2) is 9.66. The van der Waals surface area contributed by atoms with Crippen LogP contribution in [0.2, 0.25) is 0 Å². The first-order valence-corrected chi connectivity index (χ1v) is 11.2. The van der Waals surface area contributed by atoms with Gasteiger partial charge < -0.3 is 5.32 Å². The van der Waals surface area contributed by atoms with Gasteiger partial charge >= 0.3 is 0 Å². The van der Waals surface area contributed by atoms with E-state index in [1.54, 1.807) is 19.1 Å². The Hall–Kier alpha value is -3.98. The van der Waals surface area contributed by atoms with Gasteiger partial charge in [0.15, 0.2) is 11.0 Å². The Morgan fingerprint density at radius 2 is 1.70 bits per heavy atom. The molecule has 1 heterocycles. The Labute approximate surface area is 194 Å². The quantitative estimate of drug-likeness (QED) is 0.232. The highest BCUT2D eigenvalue weighted by atomic mass is 32.2. The van der Waals surface area contributed by atoms with Crippen molar-refractivity contribution in [2.45, 2.75) is 19.0 Å². The SMILES string of the molecule is Cc1ccc(-n2c(SCC(=O)Nc3ccc(C)cc3[N+](=O)[O-])nnc2-c2ccccc2)cc1. The number of aryl methyl sites for hydroxylation is 2. The molecule has 0 spiro atoms. The van der Waals surface area contributed by atoms with Gasteiger partial charge in [-0.15, -0.1) is 10.2 Å². The van der Waals surface area contributed by atoms with Gasteiger partial charge in [0.2, 0.25) is 5.91 Å². The lowest BCUT2D eigenvalue weighted by molar-refractivity contribution is -0.384. The number of nitro groups is 1. The van der Waals surface area contributed by atoms with Crippen molar-refractivity contribution in [2.24, 2.45) is 0 Å². The Morgan fingerprint density at radius 3 is 2.39 bits per heavy atom. The minimum absolute atomic E-state index is 0.0177. The van der Waals surface area contributed by atoms with Gasteiger partial charge in [0.05, 0.1) is 10.7 Å². The molecule has 1 aromatic heterocycles. The summed E-state index contributed by atoms with van der Waals surface area (Å²) in [6.45, 7) is 3.77. The van der Waals surface area contributed by atoms with Crippen LogP contribution >= 0.6 is 11.8 Å². The number of hydrogen-bond acceptors (Lipinski definition) is 6. The summed E-state index contributed by atoms with van der Waals surface area (Å²) in [5, 5.41) is 23.2. The topological polar surface area (TPSA) is 103 Å². The molecular weight excluding hydrogens is 438 g/mol. The molecule has 0 aliphatic heterocycles. The predicted molar refractivity (Wildman–Crippen MR) is 129 cm³/mol. The smallest absolute Gasteiger partial charge is 0.293 e. The van der Waals surface area contributed by atoms with Crippen LogP contribution in [0.1, 0.15) is 11.1 Å². The van der Waals surface area contributed by atoms with E-state index in [-0.39, 0.29) is 23.0 Å². The van der Waals surface area contributed by atoms with E-state index in [0.717, 1.165) is 22.4 Å². The molecule has 4 aromatic rings. The Balaban J connectivity index is 1.59. The van der Waals surface area contributed by atoms with Crippen LogP contribution in [-0.4, -0.2) is 31.3 Å². The highest BCUT2D eigenvalue weighted by Gasteiger charge is 2.19. The average molecular weight is 460 g/mol. The van der Waals surface area contributed by atoms with Crippen molar-refractivity contribution in [3.8, 4) is 17.1 Å². The number of nitrogens with one attached hydrogen (secondary N) is 1. The van der Waals surface area contributed by atoms with E-state index in [1.807, 2.05) is 66.1 Å². The molecule has 9 heteroatoms. The molecule has 8 nitrogen and oxygen atoms in total. The molecule has 0 bridgehead atoms. The maximum absolute atomic E-state index is 12.6. The summed E-state index contributed by atoms with van der Waals surface area (Å²) in [4.78, 5) is 23.4.